The fraction of sp³-hybridized carbons (Fsp3) is 0.727. The summed E-state index contributed by atoms with van der Waals surface area (Å²) in [5, 5.41) is 2.94. The van der Waals surface area contributed by atoms with Crippen LogP contribution in [-0.4, -0.2) is 22.1 Å². The molecule has 5 heteroatoms. The zero-order chi connectivity index (χ0) is 12.0. The summed E-state index contributed by atoms with van der Waals surface area (Å²) in [6.45, 7) is 4.08. The lowest BCUT2D eigenvalue weighted by Gasteiger charge is -2.03. The van der Waals surface area contributed by atoms with E-state index in [-0.39, 0.29) is 6.10 Å². The van der Waals surface area contributed by atoms with E-state index in [4.69, 9.17) is 4.74 Å². The van der Waals surface area contributed by atoms with Crippen LogP contribution in [-0.2, 0) is 21.3 Å². The summed E-state index contributed by atoms with van der Waals surface area (Å²) >= 11 is 1.58. The first-order valence-electron chi connectivity index (χ1n) is 5.49. The molecule has 0 saturated carbocycles. The third-order valence-corrected chi connectivity index (χ3v) is 4.72. The smallest absolute Gasteiger partial charge is 0.122 e. The van der Waals surface area contributed by atoms with Crippen molar-refractivity contribution in [3.8, 4) is 0 Å². The van der Waals surface area contributed by atoms with Crippen LogP contribution in [0.1, 0.15) is 43.5 Å². The van der Waals surface area contributed by atoms with Gasteiger partial charge in [0.15, 0.2) is 0 Å². The van der Waals surface area contributed by atoms with Gasteiger partial charge in [-0.05, 0) is 13.3 Å². The van der Waals surface area contributed by atoms with Crippen molar-refractivity contribution < 1.29 is 8.95 Å². The van der Waals surface area contributed by atoms with Gasteiger partial charge in [-0.3, -0.25) is 4.21 Å². The molecule has 1 aromatic heterocycles. The third-order valence-electron chi connectivity index (χ3n) is 2.31. The number of nitrogens with zero attached hydrogens (tertiary/aromatic N) is 1. The first-order valence-corrected chi connectivity index (χ1v) is 7.86. The number of unbranched alkanes of at least 4 members (excludes halogenated alkanes) is 1. The number of aromatic nitrogens is 1. The van der Waals surface area contributed by atoms with E-state index in [9.17, 15) is 4.21 Å². The Morgan fingerprint density at radius 1 is 1.62 bits per heavy atom. The fourth-order valence-corrected chi connectivity index (χ4v) is 3.41. The molecule has 0 N–H and O–H groups in total. The van der Waals surface area contributed by atoms with E-state index in [0.717, 1.165) is 29.3 Å². The molecule has 0 aliphatic rings. The minimum atomic E-state index is -0.769. The van der Waals surface area contributed by atoms with Gasteiger partial charge in [-0.1, -0.05) is 13.3 Å². The van der Waals surface area contributed by atoms with Crippen molar-refractivity contribution in [3.63, 3.8) is 0 Å². The Balaban J connectivity index is 2.48. The highest BCUT2D eigenvalue weighted by Crippen LogP contribution is 2.21. The summed E-state index contributed by atoms with van der Waals surface area (Å²) in [5.41, 5.74) is 0.929. The number of thiazole rings is 1. The molecule has 1 heterocycles. The van der Waals surface area contributed by atoms with Crippen molar-refractivity contribution in [2.45, 2.75) is 38.5 Å². The molecule has 16 heavy (non-hydrogen) atoms. The van der Waals surface area contributed by atoms with Crippen molar-refractivity contribution in [3.05, 3.63) is 16.1 Å². The molecule has 0 radical (unpaired) electrons. The van der Waals surface area contributed by atoms with Crippen molar-refractivity contribution in [2.75, 3.05) is 12.9 Å². The van der Waals surface area contributed by atoms with Gasteiger partial charge in [-0.25, -0.2) is 4.98 Å². The Hall–Kier alpha value is -0.260. The summed E-state index contributed by atoms with van der Waals surface area (Å²) < 4.78 is 16.9. The van der Waals surface area contributed by atoms with Crippen molar-refractivity contribution in [1.29, 1.82) is 0 Å². The Labute approximate surface area is 104 Å². The van der Waals surface area contributed by atoms with Crippen LogP contribution in [0.5, 0.6) is 0 Å². The summed E-state index contributed by atoms with van der Waals surface area (Å²) in [5.74, 6) is 1.36. The second-order valence-electron chi connectivity index (χ2n) is 3.70. The fourth-order valence-electron chi connectivity index (χ4n) is 1.22. The molecule has 0 bridgehead atoms. The molecule has 1 rings (SSSR count). The molecule has 0 aromatic carbocycles. The van der Waals surface area contributed by atoms with Gasteiger partial charge in [0.2, 0.25) is 0 Å². The van der Waals surface area contributed by atoms with Gasteiger partial charge >= 0.3 is 0 Å². The summed E-state index contributed by atoms with van der Waals surface area (Å²) in [6, 6.07) is 0. The van der Waals surface area contributed by atoms with Gasteiger partial charge in [0, 0.05) is 29.0 Å². The van der Waals surface area contributed by atoms with E-state index in [1.54, 1.807) is 18.4 Å². The second-order valence-corrected chi connectivity index (χ2v) is 6.16. The molecule has 0 saturated heterocycles. The minimum absolute atomic E-state index is 0.0304. The Kier molecular flexibility index (Phi) is 6.16. The molecule has 0 aliphatic heterocycles. The maximum Gasteiger partial charge on any atom is 0.122 e. The number of rotatable bonds is 7. The molecule has 0 fully saturated rings. The van der Waals surface area contributed by atoms with Crippen LogP contribution in [0.25, 0.3) is 0 Å². The highest BCUT2D eigenvalue weighted by molar-refractivity contribution is 7.84. The predicted molar refractivity (Wildman–Crippen MR) is 69.2 cm³/mol. The standard InChI is InChI=1S/C11H19NO2S2/c1-4-5-6-16(13)8-10-7-15-11(12-10)9(2)14-3/h7,9H,4-6,8H2,1-3H3. The molecule has 92 valence electrons. The lowest BCUT2D eigenvalue weighted by atomic mass is 10.4. The molecule has 0 amide bonds. The van der Waals surface area contributed by atoms with E-state index in [1.165, 1.54) is 0 Å². The van der Waals surface area contributed by atoms with Gasteiger partial charge in [0.05, 0.1) is 11.4 Å². The van der Waals surface area contributed by atoms with Crippen LogP contribution in [0.3, 0.4) is 0 Å². The van der Waals surface area contributed by atoms with Gasteiger partial charge in [0.1, 0.15) is 11.1 Å². The normalized spacial score (nSPS) is 14.9. The average molecular weight is 261 g/mol. The van der Waals surface area contributed by atoms with Crippen LogP contribution >= 0.6 is 11.3 Å². The average Bonchev–Trinajstić information content (AvgIpc) is 2.73. The van der Waals surface area contributed by atoms with Crippen LogP contribution in [0.15, 0.2) is 5.38 Å². The zero-order valence-corrected chi connectivity index (χ0v) is 11.7. The number of hydrogen-bond donors (Lipinski definition) is 0. The van der Waals surface area contributed by atoms with Crippen molar-refractivity contribution in [2.24, 2.45) is 0 Å². The molecule has 3 nitrogen and oxygen atoms in total. The topological polar surface area (TPSA) is 39.2 Å². The minimum Gasteiger partial charge on any atom is -0.375 e. The first kappa shape index (κ1) is 13.8. The number of methoxy groups -OCH3 is 1. The summed E-state index contributed by atoms with van der Waals surface area (Å²) in [7, 11) is 0.902. The predicted octanol–water partition coefficient (Wildman–Crippen LogP) is 2.90. The van der Waals surface area contributed by atoms with E-state index in [2.05, 4.69) is 11.9 Å². The molecule has 2 atom stereocenters. The van der Waals surface area contributed by atoms with Crippen molar-refractivity contribution >= 4 is 22.1 Å². The summed E-state index contributed by atoms with van der Waals surface area (Å²) in [4.78, 5) is 4.43. The lowest BCUT2D eigenvalue weighted by Crippen LogP contribution is -2.02. The lowest BCUT2D eigenvalue weighted by molar-refractivity contribution is 0.119. The molecular formula is C11H19NO2S2. The van der Waals surface area contributed by atoms with E-state index < -0.39 is 10.8 Å². The van der Waals surface area contributed by atoms with Gasteiger partial charge in [-0.15, -0.1) is 11.3 Å². The highest BCUT2D eigenvalue weighted by atomic mass is 32.2. The third kappa shape index (κ3) is 4.31. The van der Waals surface area contributed by atoms with Gasteiger partial charge in [0.25, 0.3) is 0 Å². The maximum atomic E-state index is 11.7. The van der Waals surface area contributed by atoms with E-state index in [0.29, 0.717) is 5.75 Å². The van der Waals surface area contributed by atoms with Crippen molar-refractivity contribution in [1.82, 2.24) is 4.98 Å². The molecule has 1 aromatic rings. The Morgan fingerprint density at radius 3 is 3.00 bits per heavy atom. The SMILES string of the molecule is CCCCS(=O)Cc1csc(C(C)OC)n1. The highest BCUT2D eigenvalue weighted by Gasteiger charge is 2.10. The number of ether oxygens (including phenoxy) is 1. The second kappa shape index (κ2) is 7.14. The van der Waals surface area contributed by atoms with Crippen LogP contribution in [0, 0.1) is 0 Å². The van der Waals surface area contributed by atoms with Gasteiger partial charge < -0.3 is 4.74 Å². The Morgan fingerprint density at radius 2 is 2.38 bits per heavy atom. The van der Waals surface area contributed by atoms with Crippen LogP contribution in [0.4, 0.5) is 0 Å². The zero-order valence-electron chi connectivity index (χ0n) is 10.1. The summed E-state index contributed by atoms with van der Waals surface area (Å²) in [6.07, 6.45) is 2.15. The molecule has 0 spiro atoms. The van der Waals surface area contributed by atoms with E-state index >= 15 is 0 Å². The molecule has 2 unspecified atom stereocenters. The number of hydrogen-bond acceptors (Lipinski definition) is 4. The monoisotopic (exact) mass is 261 g/mol. The molecule has 0 aliphatic carbocycles. The first-order chi connectivity index (χ1) is 7.67. The van der Waals surface area contributed by atoms with Gasteiger partial charge in [-0.2, -0.15) is 0 Å². The largest absolute Gasteiger partial charge is 0.375 e. The quantitative estimate of drug-likeness (QED) is 0.757. The van der Waals surface area contributed by atoms with Crippen LogP contribution < -0.4 is 0 Å². The molecular weight excluding hydrogens is 242 g/mol. The maximum absolute atomic E-state index is 11.7. The Bertz CT molecular complexity index is 338. The van der Waals surface area contributed by atoms with Crippen LogP contribution in [0.2, 0.25) is 0 Å². The van der Waals surface area contributed by atoms with E-state index in [1.807, 2.05) is 12.3 Å².